The van der Waals surface area contributed by atoms with Crippen LogP contribution < -0.4 is 9.80 Å². The molecule has 0 unspecified atom stereocenters. The average Bonchev–Trinajstić information content (AvgIpc) is 3.91. The van der Waals surface area contributed by atoms with E-state index in [1.807, 2.05) is 72.8 Å². The van der Waals surface area contributed by atoms with Gasteiger partial charge >= 0.3 is 0 Å². The highest BCUT2D eigenvalue weighted by Gasteiger charge is 2.17. The number of anilines is 2. The van der Waals surface area contributed by atoms with Crippen LogP contribution in [0.25, 0.3) is 44.1 Å². The van der Waals surface area contributed by atoms with E-state index in [2.05, 4.69) is 78.3 Å². The number of fused-ring (bicyclic) bond motifs is 4. The fourth-order valence-electron chi connectivity index (χ4n) is 6.40. The minimum Gasteiger partial charge on any atom is -0.357 e. The molecule has 0 saturated carbocycles. The van der Waals surface area contributed by atoms with Gasteiger partial charge in [0.25, 0.3) is 0 Å². The highest BCUT2D eigenvalue weighted by atomic mass is 15.2. The Labute approximate surface area is 275 Å². The van der Waals surface area contributed by atoms with Crippen LogP contribution in [0.2, 0.25) is 0 Å². The van der Waals surface area contributed by atoms with E-state index in [0.29, 0.717) is 26.2 Å². The zero-order valence-electron chi connectivity index (χ0n) is 26.1. The molecule has 5 aromatic carbocycles. The van der Waals surface area contributed by atoms with E-state index in [9.17, 15) is 0 Å². The Kier molecular flexibility index (Phi) is 6.81. The van der Waals surface area contributed by atoms with E-state index in [4.69, 9.17) is 19.9 Å². The van der Waals surface area contributed by atoms with Crippen LogP contribution in [0.1, 0.15) is 23.3 Å². The summed E-state index contributed by atoms with van der Waals surface area (Å²) < 4.78 is 0. The van der Waals surface area contributed by atoms with Crippen LogP contribution in [0.3, 0.4) is 0 Å². The number of hydrogen-bond donors (Lipinski definition) is 4. The fourth-order valence-corrected chi connectivity index (χ4v) is 6.40. The summed E-state index contributed by atoms with van der Waals surface area (Å²) in [4.78, 5) is 38.1. The lowest BCUT2D eigenvalue weighted by Gasteiger charge is -2.26. The molecule has 10 nitrogen and oxygen atoms in total. The predicted molar refractivity (Wildman–Crippen MR) is 191 cm³/mol. The third-order valence-corrected chi connectivity index (χ3v) is 8.70. The Morgan fingerprint density at radius 3 is 0.833 bits per heavy atom. The first kappa shape index (κ1) is 27.9. The molecule has 0 aliphatic rings. The van der Waals surface area contributed by atoms with Gasteiger partial charge in [-0.1, -0.05) is 48.5 Å². The second-order valence-electron chi connectivity index (χ2n) is 12.0. The van der Waals surface area contributed by atoms with Gasteiger partial charge in [-0.3, -0.25) is 0 Å². The predicted octanol–water partition coefficient (Wildman–Crippen LogP) is 7.61. The van der Waals surface area contributed by atoms with E-state index < -0.39 is 0 Å². The van der Waals surface area contributed by atoms with Gasteiger partial charge in [-0.15, -0.1) is 0 Å². The number of aromatic amines is 4. The molecule has 0 radical (unpaired) electrons. The van der Waals surface area contributed by atoms with Crippen LogP contribution in [0.5, 0.6) is 0 Å². The van der Waals surface area contributed by atoms with E-state index in [0.717, 1.165) is 78.8 Å². The number of benzene rings is 5. The quantitative estimate of drug-likeness (QED) is 0.124. The van der Waals surface area contributed by atoms with Gasteiger partial charge in [0.2, 0.25) is 0 Å². The lowest BCUT2D eigenvalue weighted by molar-refractivity contribution is 0.738. The van der Waals surface area contributed by atoms with E-state index in [-0.39, 0.29) is 0 Å². The van der Waals surface area contributed by atoms with Gasteiger partial charge < -0.3 is 29.7 Å². The topological polar surface area (TPSA) is 121 Å². The monoisotopic (exact) mass is 628 g/mol. The zero-order valence-corrected chi connectivity index (χ0v) is 26.1. The first-order valence-electron chi connectivity index (χ1n) is 16.0. The van der Waals surface area contributed by atoms with E-state index in [1.165, 1.54) is 0 Å². The molecule has 0 aliphatic heterocycles. The number of imidazole rings is 4. The summed E-state index contributed by atoms with van der Waals surface area (Å²) in [5, 5.41) is 0. The molecule has 0 atom stereocenters. The van der Waals surface area contributed by atoms with Gasteiger partial charge in [-0.25, -0.2) is 19.9 Å². The van der Waals surface area contributed by atoms with Crippen molar-refractivity contribution < 1.29 is 0 Å². The van der Waals surface area contributed by atoms with Crippen LogP contribution >= 0.6 is 0 Å². The van der Waals surface area contributed by atoms with Gasteiger partial charge in [-0.2, -0.15) is 0 Å². The average molecular weight is 629 g/mol. The summed E-state index contributed by atoms with van der Waals surface area (Å²) in [5.74, 6) is 3.58. The number of aromatic nitrogens is 8. The first-order valence-corrected chi connectivity index (χ1v) is 16.0. The zero-order chi connectivity index (χ0) is 31.9. The molecular weight excluding hydrogens is 596 g/mol. The van der Waals surface area contributed by atoms with E-state index in [1.54, 1.807) is 0 Å². The lowest BCUT2D eigenvalue weighted by Crippen LogP contribution is -2.25. The maximum Gasteiger partial charge on any atom is 0.126 e. The summed E-state index contributed by atoms with van der Waals surface area (Å²) in [5.41, 5.74) is 10.1. The third kappa shape index (κ3) is 5.49. The summed E-state index contributed by atoms with van der Waals surface area (Å²) in [6.07, 6.45) is 0. The van der Waals surface area contributed by atoms with Crippen LogP contribution in [0.15, 0.2) is 121 Å². The molecule has 4 aromatic heterocycles. The molecule has 0 fully saturated rings. The van der Waals surface area contributed by atoms with Gasteiger partial charge in [0.1, 0.15) is 23.3 Å². The molecule has 9 rings (SSSR count). The maximum atomic E-state index is 4.88. The van der Waals surface area contributed by atoms with Crippen LogP contribution in [-0.2, 0) is 26.2 Å². The molecule has 0 amide bonds. The van der Waals surface area contributed by atoms with Crippen LogP contribution in [-0.4, -0.2) is 39.9 Å². The van der Waals surface area contributed by atoms with Crippen molar-refractivity contribution in [2.24, 2.45) is 0 Å². The lowest BCUT2D eigenvalue weighted by atomic mass is 10.2. The number of rotatable bonds is 10. The number of nitrogens with zero attached hydrogens (tertiary/aromatic N) is 6. The minimum absolute atomic E-state index is 0.590. The Morgan fingerprint density at radius 1 is 0.333 bits per heavy atom. The Balaban J connectivity index is 1.05. The number of para-hydroxylation sites is 8. The van der Waals surface area contributed by atoms with Crippen LogP contribution in [0.4, 0.5) is 11.4 Å². The van der Waals surface area contributed by atoms with Crippen molar-refractivity contribution >= 4 is 55.5 Å². The largest absolute Gasteiger partial charge is 0.357 e. The Bertz CT molecular complexity index is 2040. The second kappa shape index (κ2) is 11.7. The summed E-state index contributed by atoms with van der Waals surface area (Å²) >= 11 is 0. The SMILES string of the molecule is c1ccc2[nH]c(CN(Cc3nc4ccccc4[nH]3)c3ccc(N(Cc4nc5ccccc5[nH]4)Cc4nc5ccccc5[nH]4)cc3)nc2c1. The molecule has 0 saturated heterocycles. The number of H-pyrrole nitrogens is 4. The van der Waals surface area contributed by atoms with E-state index >= 15 is 0 Å². The number of hydrogen-bond acceptors (Lipinski definition) is 6. The smallest absolute Gasteiger partial charge is 0.126 e. The Hall–Kier alpha value is -6.42. The molecule has 9 aromatic rings. The second-order valence-corrected chi connectivity index (χ2v) is 12.0. The van der Waals surface area contributed by atoms with Crippen molar-refractivity contribution in [1.29, 1.82) is 0 Å². The van der Waals surface area contributed by atoms with Crippen molar-refractivity contribution in [2.75, 3.05) is 9.80 Å². The maximum absolute atomic E-state index is 4.88. The molecule has 0 spiro atoms. The molecule has 4 heterocycles. The highest BCUT2D eigenvalue weighted by Crippen LogP contribution is 2.27. The van der Waals surface area contributed by atoms with Crippen LogP contribution in [0, 0.1) is 0 Å². The molecule has 10 heteroatoms. The van der Waals surface area contributed by atoms with Gasteiger partial charge in [0.15, 0.2) is 0 Å². The van der Waals surface area contributed by atoms with Crippen molar-refractivity contribution in [3.8, 4) is 0 Å². The molecule has 234 valence electrons. The van der Waals surface area contributed by atoms with Crippen molar-refractivity contribution in [1.82, 2.24) is 39.9 Å². The standard InChI is InChI=1S/C38H32N10/c1-2-10-28-27(9-1)39-35(40-28)21-47(22-36-41-29-11-3-4-12-30(29)42-36)25-17-19-26(20-18-25)48(23-37-43-31-13-5-6-14-32(31)44-37)24-38-45-33-15-7-8-16-34(33)46-38/h1-20H,21-24H2,(H,39,40)(H,41,42)(H,43,44)(H,45,46). The van der Waals surface area contributed by atoms with Crippen molar-refractivity contribution in [3.63, 3.8) is 0 Å². The number of nitrogens with one attached hydrogen (secondary N) is 4. The fraction of sp³-hybridized carbons (Fsp3) is 0.105. The molecule has 4 N–H and O–H groups in total. The summed E-state index contributed by atoms with van der Waals surface area (Å²) in [7, 11) is 0. The van der Waals surface area contributed by atoms with Gasteiger partial charge in [0, 0.05) is 11.4 Å². The van der Waals surface area contributed by atoms with Crippen molar-refractivity contribution in [3.05, 3.63) is 145 Å². The van der Waals surface area contributed by atoms with Crippen molar-refractivity contribution in [2.45, 2.75) is 26.2 Å². The Morgan fingerprint density at radius 2 is 0.583 bits per heavy atom. The normalized spacial score (nSPS) is 11.7. The molecular formula is C38H32N10. The third-order valence-electron chi connectivity index (χ3n) is 8.70. The summed E-state index contributed by atoms with van der Waals surface area (Å²) in [6, 6.07) is 41.2. The molecule has 48 heavy (non-hydrogen) atoms. The molecule has 0 aliphatic carbocycles. The summed E-state index contributed by atoms with van der Waals surface area (Å²) in [6.45, 7) is 2.36. The van der Waals surface area contributed by atoms with Gasteiger partial charge in [0.05, 0.1) is 70.3 Å². The molecule has 0 bridgehead atoms. The highest BCUT2D eigenvalue weighted by molar-refractivity contribution is 5.77. The first-order chi connectivity index (χ1) is 23.7. The minimum atomic E-state index is 0.590. The van der Waals surface area contributed by atoms with Gasteiger partial charge in [-0.05, 0) is 72.8 Å².